The number of hydrogen-bond acceptors (Lipinski definition) is 0. The normalized spacial score (nSPS) is 13.6. The van der Waals surface area contributed by atoms with Crippen molar-refractivity contribution >= 4 is 5.57 Å². The summed E-state index contributed by atoms with van der Waals surface area (Å²) >= 11 is 0. The summed E-state index contributed by atoms with van der Waals surface area (Å²) in [7, 11) is 0. The van der Waals surface area contributed by atoms with Gasteiger partial charge in [0.25, 0.3) is 0 Å². The van der Waals surface area contributed by atoms with Crippen LogP contribution in [0, 0.1) is 11.8 Å². The molecule has 84 valence electrons. The van der Waals surface area contributed by atoms with Crippen molar-refractivity contribution in [3.8, 4) is 11.8 Å². The molecule has 0 saturated heterocycles. The fraction of sp³-hybridized carbons (Fsp3) is 0.176. The fourth-order valence-corrected chi connectivity index (χ4v) is 1.70. The average molecular weight is 220 g/mol. The van der Waals surface area contributed by atoms with Gasteiger partial charge in [0.15, 0.2) is 0 Å². The van der Waals surface area contributed by atoms with Crippen LogP contribution in [0.2, 0.25) is 0 Å². The van der Waals surface area contributed by atoms with Gasteiger partial charge in [-0.3, -0.25) is 0 Å². The van der Waals surface area contributed by atoms with Crippen molar-refractivity contribution in [1.29, 1.82) is 0 Å². The summed E-state index contributed by atoms with van der Waals surface area (Å²) in [6, 6.07) is 8.25. The van der Waals surface area contributed by atoms with Crippen molar-refractivity contribution < 1.29 is 0 Å². The summed E-state index contributed by atoms with van der Waals surface area (Å²) in [5, 5.41) is 0. The summed E-state index contributed by atoms with van der Waals surface area (Å²) in [6.45, 7) is 5.94. The Balaban J connectivity index is 2.14. The van der Waals surface area contributed by atoms with Crippen molar-refractivity contribution in [2.24, 2.45) is 0 Å². The van der Waals surface area contributed by atoms with Crippen LogP contribution in [0.4, 0.5) is 0 Å². The first-order valence-electron chi connectivity index (χ1n) is 5.89. The van der Waals surface area contributed by atoms with Crippen LogP contribution < -0.4 is 0 Å². The molecule has 1 aliphatic rings. The molecule has 0 N–H and O–H groups in total. The topological polar surface area (TPSA) is 0 Å². The van der Waals surface area contributed by atoms with Crippen LogP contribution in [-0.4, -0.2) is 0 Å². The Bertz CT molecular complexity index is 528. The molecule has 1 aliphatic carbocycles. The van der Waals surface area contributed by atoms with Gasteiger partial charge in [0, 0.05) is 11.1 Å². The van der Waals surface area contributed by atoms with E-state index in [-0.39, 0.29) is 0 Å². The summed E-state index contributed by atoms with van der Waals surface area (Å²) in [6.07, 6.45) is 8.52. The van der Waals surface area contributed by atoms with Gasteiger partial charge in [-0.1, -0.05) is 54.4 Å². The minimum atomic E-state index is 1.06. The van der Waals surface area contributed by atoms with Crippen LogP contribution in [0.3, 0.4) is 0 Å². The molecule has 0 fully saturated rings. The standard InChI is InChI=1S/C17H16/c1-14(2)17-12-10-16(11-13-17)9-8-15-6-4-3-5-7-15/h3-4,6,10-13H,1,5,7H2,2H3. The molecule has 0 radical (unpaired) electrons. The third kappa shape index (κ3) is 3.23. The average Bonchev–Trinajstić information content (AvgIpc) is 2.38. The van der Waals surface area contributed by atoms with Crippen molar-refractivity contribution in [3.05, 3.63) is 65.8 Å². The largest absolute Gasteiger partial charge is 0.0955 e. The first-order chi connectivity index (χ1) is 8.25. The molecule has 17 heavy (non-hydrogen) atoms. The van der Waals surface area contributed by atoms with E-state index in [0.29, 0.717) is 0 Å². The SMILES string of the molecule is C=C(C)c1ccc(C#CC2=CC=CCC2)cc1. The second-order valence-electron chi connectivity index (χ2n) is 4.27. The molecule has 1 aromatic carbocycles. The molecular formula is C17H16. The van der Waals surface area contributed by atoms with E-state index in [0.717, 1.165) is 24.0 Å². The Morgan fingerprint density at radius 2 is 1.94 bits per heavy atom. The lowest BCUT2D eigenvalue weighted by Crippen LogP contribution is -1.84. The van der Waals surface area contributed by atoms with Crippen molar-refractivity contribution in [1.82, 2.24) is 0 Å². The molecule has 0 heteroatoms. The second kappa shape index (κ2) is 5.37. The van der Waals surface area contributed by atoms with Gasteiger partial charge in [-0.15, -0.1) is 0 Å². The van der Waals surface area contributed by atoms with Crippen molar-refractivity contribution in [3.63, 3.8) is 0 Å². The molecule has 0 spiro atoms. The van der Waals surface area contributed by atoms with E-state index in [1.807, 2.05) is 6.92 Å². The lowest BCUT2D eigenvalue weighted by molar-refractivity contribution is 1.000. The molecule has 2 rings (SSSR count). The maximum atomic E-state index is 3.92. The number of rotatable bonds is 1. The summed E-state index contributed by atoms with van der Waals surface area (Å²) in [4.78, 5) is 0. The van der Waals surface area contributed by atoms with Crippen LogP contribution in [0.15, 0.2) is 54.6 Å². The van der Waals surface area contributed by atoms with Gasteiger partial charge in [0.2, 0.25) is 0 Å². The minimum Gasteiger partial charge on any atom is -0.0955 e. The molecule has 0 aromatic heterocycles. The summed E-state index contributed by atoms with van der Waals surface area (Å²) in [5.74, 6) is 6.42. The second-order valence-corrected chi connectivity index (χ2v) is 4.27. The maximum Gasteiger partial charge on any atom is 0.0249 e. The number of benzene rings is 1. The van der Waals surface area contributed by atoms with Gasteiger partial charge in [0.1, 0.15) is 0 Å². The van der Waals surface area contributed by atoms with Crippen molar-refractivity contribution in [2.75, 3.05) is 0 Å². The molecule has 0 nitrogen and oxygen atoms in total. The fourth-order valence-electron chi connectivity index (χ4n) is 1.70. The van der Waals surface area contributed by atoms with Crippen LogP contribution in [0.25, 0.3) is 5.57 Å². The van der Waals surface area contributed by atoms with Crippen molar-refractivity contribution in [2.45, 2.75) is 19.8 Å². The zero-order valence-corrected chi connectivity index (χ0v) is 10.2. The van der Waals surface area contributed by atoms with E-state index < -0.39 is 0 Å². The highest BCUT2D eigenvalue weighted by molar-refractivity contribution is 5.62. The molecule has 0 heterocycles. The lowest BCUT2D eigenvalue weighted by atomic mass is 10.0. The molecule has 0 aliphatic heterocycles. The first-order valence-corrected chi connectivity index (χ1v) is 5.89. The summed E-state index contributed by atoms with van der Waals surface area (Å²) < 4.78 is 0. The van der Waals surface area contributed by atoms with Gasteiger partial charge in [-0.25, -0.2) is 0 Å². The molecule has 0 amide bonds. The molecule has 0 unspecified atom stereocenters. The quantitative estimate of drug-likeness (QED) is 0.617. The van der Waals surface area contributed by atoms with E-state index in [1.54, 1.807) is 0 Å². The van der Waals surface area contributed by atoms with Gasteiger partial charge >= 0.3 is 0 Å². The first kappa shape index (κ1) is 11.5. The van der Waals surface area contributed by atoms with E-state index >= 15 is 0 Å². The van der Waals surface area contributed by atoms with E-state index in [9.17, 15) is 0 Å². The summed E-state index contributed by atoms with van der Waals surface area (Å²) in [5.41, 5.74) is 4.54. The van der Waals surface area contributed by atoms with E-state index in [2.05, 4.69) is 60.9 Å². The van der Waals surface area contributed by atoms with Crippen LogP contribution in [-0.2, 0) is 0 Å². The zero-order chi connectivity index (χ0) is 12.1. The third-order valence-corrected chi connectivity index (χ3v) is 2.76. The van der Waals surface area contributed by atoms with Crippen LogP contribution >= 0.6 is 0 Å². The molecule has 0 bridgehead atoms. The molecule has 0 saturated carbocycles. The monoisotopic (exact) mass is 220 g/mol. The molecule has 0 atom stereocenters. The zero-order valence-electron chi connectivity index (χ0n) is 10.2. The highest BCUT2D eigenvalue weighted by Gasteiger charge is 1.95. The van der Waals surface area contributed by atoms with Gasteiger partial charge < -0.3 is 0 Å². The van der Waals surface area contributed by atoms with Crippen LogP contribution in [0.5, 0.6) is 0 Å². The highest BCUT2D eigenvalue weighted by Crippen LogP contribution is 2.13. The molecular weight excluding hydrogens is 204 g/mol. The maximum absolute atomic E-state index is 3.92. The number of hydrogen-bond donors (Lipinski definition) is 0. The predicted molar refractivity (Wildman–Crippen MR) is 74.5 cm³/mol. The van der Waals surface area contributed by atoms with E-state index in [1.165, 1.54) is 11.1 Å². The third-order valence-electron chi connectivity index (χ3n) is 2.76. The molecule has 1 aromatic rings. The van der Waals surface area contributed by atoms with E-state index in [4.69, 9.17) is 0 Å². The Kier molecular flexibility index (Phi) is 3.62. The van der Waals surface area contributed by atoms with Gasteiger partial charge in [-0.05, 0) is 37.5 Å². The Hall–Kier alpha value is -2.00. The van der Waals surface area contributed by atoms with Gasteiger partial charge in [0.05, 0.1) is 0 Å². The Morgan fingerprint density at radius 3 is 2.53 bits per heavy atom. The Morgan fingerprint density at radius 1 is 1.18 bits per heavy atom. The highest BCUT2D eigenvalue weighted by atomic mass is 14.0. The smallest absolute Gasteiger partial charge is 0.0249 e. The lowest BCUT2D eigenvalue weighted by Gasteiger charge is -2.00. The van der Waals surface area contributed by atoms with Gasteiger partial charge in [-0.2, -0.15) is 0 Å². The number of allylic oxidation sites excluding steroid dienone is 5. The predicted octanol–water partition coefficient (Wildman–Crippen LogP) is 4.35. The van der Waals surface area contributed by atoms with Crippen LogP contribution in [0.1, 0.15) is 30.9 Å². The minimum absolute atomic E-state index is 1.06. The Labute approximate surface area is 103 Å².